The molecule has 0 aliphatic carbocycles. The number of benzene rings is 1. The Morgan fingerprint density at radius 2 is 2.07 bits per heavy atom. The molecular formula is C20H26N4O4S. The van der Waals surface area contributed by atoms with Crippen molar-refractivity contribution in [2.75, 3.05) is 31.2 Å². The summed E-state index contributed by atoms with van der Waals surface area (Å²) >= 11 is 0. The Morgan fingerprint density at radius 1 is 1.28 bits per heavy atom. The highest BCUT2D eigenvalue weighted by atomic mass is 32.2. The second-order valence-electron chi connectivity index (χ2n) is 7.53. The van der Waals surface area contributed by atoms with E-state index in [0.717, 1.165) is 5.56 Å². The van der Waals surface area contributed by atoms with Gasteiger partial charge in [-0.2, -0.15) is 0 Å². The van der Waals surface area contributed by atoms with Crippen LogP contribution in [0.15, 0.2) is 52.1 Å². The lowest BCUT2D eigenvalue weighted by atomic mass is 10.2. The smallest absolute Gasteiger partial charge is 0.291 e. The predicted octanol–water partition coefficient (Wildman–Crippen LogP) is 2.12. The summed E-state index contributed by atoms with van der Waals surface area (Å²) in [5.41, 5.74) is 1.61. The van der Waals surface area contributed by atoms with Gasteiger partial charge in [0.25, 0.3) is 5.91 Å². The van der Waals surface area contributed by atoms with Crippen LogP contribution in [-0.4, -0.2) is 55.8 Å². The van der Waals surface area contributed by atoms with Crippen molar-refractivity contribution >= 4 is 27.4 Å². The maximum atomic E-state index is 12.2. The van der Waals surface area contributed by atoms with Gasteiger partial charge >= 0.3 is 0 Å². The molecule has 1 aliphatic rings. The quantitative estimate of drug-likeness (QED) is 0.582. The molecule has 1 saturated heterocycles. The Labute approximate surface area is 170 Å². The normalized spacial score (nSPS) is 18.3. The fourth-order valence-corrected chi connectivity index (χ4v) is 4.56. The molecule has 0 unspecified atom stereocenters. The molecule has 29 heavy (non-hydrogen) atoms. The van der Waals surface area contributed by atoms with E-state index < -0.39 is 14.6 Å². The number of nitrogens with zero attached hydrogens (tertiary/aromatic N) is 2. The van der Waals surface area contributed by atoms with Crippen LogP contribution in [0.2, 0.25) is 0 Å². The second-order valence-corrected chi connectivity index (χ2v) is 10.3. The summed E-state index contributed by atoms with van der Waals surface area (Å²) in [6.45, 7) is 4.76. The molecule has 8 nitrogen and oxygen atoms in total. The number of hydrogen-bond donors (Lipinski definition) is 2. The fraction of sp³-hybridized carbons (Fsp3) is 0.400. The number of anilines is 1. The Kier molecular flexibility index (Phi) is 5.97. The molecule has 1 fully saturated rings. The number of furan rings is 1. The maximum absolute atomic E-state index is 12.2. The Bertz CT molecular complexity index is 997. The van der Waals surface area contributed by atoms with E-state index in [2.05, 4.69) is 15.6 Å². The second kappa shape index (κ2) is 8.28. The molecule has 1 aromatic heterocycles. The summed E-state index contributed by atoms with van der Waals surface area (Å²) in [6.07, 6.45) is 1.45. The van der Waals surface area contributed by atoms with Crippen LogP contribution in [0.3, 0.4) is 0 Å². The van der Waals surface area contributed by atoms with E-state index in [4.69, 9.17) is 4.42 Å². The van der Waals surface area contributed by atoms with Gasteiger partial charge in [-0.15, -0.1) is 0 Å². The van der Waals surface area contributed by atoms with E-state index in [1.165, 1.54) is 6.26 Å². The van der Waals surface area contributed by atoms with Crippen LogP contribution in [0.1, 0.15) is 30.0 Å². The van der Waals surface area contributed by atoms with Gasteiger partial charge in [0.05, 0.1) is 16.8 Å². The lowest BCUT2D eigenvalue weighted by molar-refractivity contribution is 0.0996. The minimum absolute atomic E-state index is 0.106. The van der Waals surface area contributed by atoms with Crippen LogP contribution in [0.4, 0.5) is 5.69 Å². The highest BCUT2D eigenvalue weighted by molar-refractivity contribution is 7.92. The fourth-order valence-electron chi connectivity index (χ4n) is 3.20. The van der Waals surface area contributed by atoms with Crippen molar-refractivity contribution in [2.24, 2.45) is 4.99 Å². The predicted molar refractivity (Wildman–Crippen MR) is 113 cm³/mol. The summed E-state index contributed by atoms with van der Waals surface area (Å²) in [5, 5.41) is 6.08. The lowest BCUT2D eigenvalue weighted by Gasteiger charge is -2.39. The number of nitrogens with one attached hydrogen (secondary N) is 2. The molecule has 156 valence electrons. The monoisotopic (exact) mass is 418 g/mol. The number of rotatable bonds is 4. The maximum Gasteiger partial charge on any atom is 0.291 e. The van der Waals surface area contributed by atoms with Crippen molar-refractivity contribution in [1.82, 2.24) is 10.2 Å². The van der Waals surface area contributed by atoms with Crippen LogP contribution < -0.4 is 10.6 Å². The van der Waals surface area contributed by atoms with Crippen LogP contribution in [-0.2, 0) is 16.4 Å². The molecule has 2 aromatic rings. The van der Waals surface area contributed by atoms with Gasteiger partial charge in [-0.25, -0.2) is 8.42 Å². The Hall–Kier alpha value is -2.81. The van der Waals surface area contributed by atoms with Crippen LogP contribution in [0, 0.1) is 0 Å². The molecule has 3 rings (SSSR count). The first-order valence-electron chi connectivity index (χ1n) is 9.33. The number of guanidine groups is 1. The van der Waals surface area contributed by atoms with Gasteiger partial charge in [-0.3, -0.25) is 9.79 Å². The van der Waals surface area contributed by atoms with Crippen molar-refractivity contribution in [3.05, 3.63) is 54.0 Å². The van der Waals surface area contributed by atoms with Gasteiger partial charge in [0.1, 0.15) is 0 Å². The summed E-state index contributed by atoms with van der Waals surface area (Å²) in [4.78, 5) is 18.4. The van der Waals surface area contributed by atoms with Gasteiger partial charge in [0.2, 0.25) is 0 Å². The lowest BCUT2D eigenvalue weighted by Crippen LogP contribution is -2.57. The first-order valence-corrected chi connectivity index (χ1v) is 11.0. The van der Waals surface area contributed by atoms with Crippen molar-refractivity contribution in [3.8, 4) is 0 Å². The van der Waals surface area contributed by atoms with Crippen molar-refractivity contribution < 1.29 is 17.6 Å². The largest absolute Gasteiger partial charge is 0.459 e. The minimum Gasteiger partial charge on any atom is -0.459 e. The third-order valence-electron chi connectivity index (χ3n) is 4.94. The zero-order chi connectivity index (χ0) is 21.1. The van der Waals surface area contributed by atoms with Gasteiger partial charge in [0, 0.05) is 32.4 Å². The highest BCUT2D eigenvalue weighted by Gasteiger charge is 2.40. The van der Waals surface area contributed by atoms with Crippen LogP contribution in [0.5, 0.6) is 0 Å². The average Bonchev–Trinajstić information content (AvgIpc) is 3.20. The van der Waals surface area contributed by atoms with E-state index in [9.17, 15) is 13.2 Å². The Balaban J connectivity index is 1.62. The highest BCUT2D eigenvalue weighted by Crippen LogP contribution is 2.23. The zero-order valence-electron chi connectivity index (χ0n) is 16.8. The van der Waals surface area contributed by atoms with Crippen molar-refractivity contribution in [1.29, 1.82) is 0 Å². The molecule has 0 bridgehead atoms. The first kappa shape index (κ1) is 20.9. The summed E-state index contributed by atoms with van der Waals surface area (Å²) in [6, 6.07) is 10.7. The third kappa shape index (κ3) is 4.79. The van der Waals surface area contributed by atoms with E-state index in [1.807, 2.05) is 23.1 Å². The SMILES string of the molecule is CN=C(NCc1cccc(NC(=O)c2ccco2)c1)N1CCS(=O)(=O)C(C)(C)C1. The first-order chi connectivity index (χ1) is 13.7. The van der Waals surface area contributed by atoms with Gasteiger partial charge in [-0.05, 0) is 43.7 Å². The topological polar surface area (TPSA) is 104 Å². The number of hydrogen-bond acceptors (Lipinski definition) is 5. The molecule has 0 atom stereocenters. The van der Waals surface area contributed by atoms with Crippen LogP contribution in [0.25, 0.3) is 0 Å². The van der Waals surface area contributed by atoms with E-state index >= 15 is 0 Å². The molecule has 9 heteroatoms. The summed E-state index contributed by atoms with van der Waals surface area (Å²) in [7, 11) is -1.43. The van der Waals surface area contributed by atoms with Crippen LogP contribution >= 0.6 is 0 Å². The van der Waals surface area contributed by atoms with Gasteiger partial charge in [0.15, 0.2) is 21.6 Å². The molecule has 1 amide bonds. The van der Waals surface area contributed by atoms with E-state index in [0.29, 0.717) is 31.3 Å². The Morgan fingerprint density at radius 3 is 2.72 bits per heavy atom. The molecule has 0 saturated carbocycles. The summed E-state index contributed by atoms with van der Waals surface area (Å²) in [5.74, 6) is 0.692. The summed E-state index contributed by atoms with van der Waals surface area (Å²) < 4.78 is 28.7. The molecule has 2 heterocycles. The van der Waals surface area contributed by atoms with E-state index in [1.54, 1.807) is 39.1 Å². The van der Waals surface area contributed by atoms with Gasteiger partial charge in [-0.1, -0.05) is 12.1 Å². The van der Waals surface area contributed by atoms with Gasteiger partial charge < -0.3 is 20.0 Å². The molecular weight excluding hydrogens is 392 g/mol. The zero-order valence-corrected chi connectivity index (χ0v) is 17.6. The van der Waals surface area contributed by atoms with Crippen molar-refractivity contribution in [3.63, 3.8) is 0 Å². The number of carbonyl (C=O) groups is 1. The third-order valence-corrected chi connectivity index (χ3v) is 7.47. The number of sulfone groups is 1. The van der Waals surface area contributed by atoms with E-state index in [-0.39, 0.29) is 17.4 Å². The molecule has 0 radical (unpaired) electrons. The molecule has 1 aromatic carbocycles. The molecule has 1 aliphatic heterocycles. The minimum atomic E-state index is -3.11. The number of amides is 1. The van der Waals surface area contributed by atoms with Crippen molar-refractivity contribution in [2.45, 2.75) is 25.1 Å². The average molecular weight is 419 g/mol. The standard InChI is InChI=1S/C20H26N4O4S/c1-20(2)14-24(9-11-29(20,26)27)19(21-3)22-13-15-6-4-7-16(12-15)23-18(25)17-8-5-10-28-17/h4-8,10,12H,9,11,13-14H2,1-3H3,(H,21,22)(H,23,25). The number of carbonyl (C=O) groups excluding carboxylic acids is 1. The number of aliphatic imine (C=N–C) groups is 1. The molecule has 0 spiro atoms. The molecule has 2 N–H and O–H groups in total.